The third kappa shape index (κ3) is 5.04. The molecule has 0 aliphatic heterocycles. The minimum absolute atomic E-state index is 0.0318. The second kappa shape index (κ2) is 8.21. The van der Waals surface area contributed by atoms with E-state index < -0.39 is 0 Å². The van der Waals surface area contributed by atoms with E-state index in [0.717, 1.165) is 12.8 Å². The van der Waals surface area contributed by atoms with Gasteiger partial charge in [-0.1, -0.05) is 37.3 Å². The summed E-state index contributed by atoms with van der Waals surface area (Å²) in [5.74, 6) is 1.21. The SMILES string of the molecule is CCCOc1cc(NC(CO)Cc2ccccc2)ncn1. The zero-order valence-corrected chi connectivity index (χ0v) is 12.2. The van der Waals surface area contributed by atoms with Gasteiger partial charge in [-0.15, -0.1) is 0 Å². The van der Waals surface area contributed by atoms with Crippen molar-refractivity contribution in [1.29, 1.82) is 0 Å². The molecule has 0 fully saturated rings. The van der Waals surface area contributed by atoms with Crippen LogP contribution in [0, 0.1) is 0 Å². The van der Waals surface area contributed by atoms with Crippen LogP contribution in [0.2, 0.25) is 0 Å². The standard InChI is InChI=1S/C16H21N3O2/c1-2-8-21-16-10-15(17-12-18-16)19-14(11-20)9-13-6-4-3-5-7-13/h3-7,10,12,14,20H,2,8-9,11H2,1H3,(H,17,18,19). The molecule has 0 saturated carbocycles. The molecule has 2 rings (SSSR count). The number of hydrogen-bond acceptors (Lipinski definition) is 5. The van der Waals surface area contributed by atoms with Crippen molar-refractivity contribution in [1.82, 2.24) is 9.97 Å². The molecule has 2 aromatic rings. The molecule has 1 aromatic heterocycles. The first-order valence-corrected chi connectivity index (χ1v) is 7.18. The van der Waals surface area contributed by atoms with Crippen LogP contribution in [-0.2, 0) is 6.42 Å². The molecule has 1 heterocycles. The monoisotopic (exact) mass is 287 g/mol. The number of nitrogens with zero attached hydrogens (tertiary/aromatic N) is 2. The maximum Gasteiger partial charge on any atom is 0.218 e. The highest BCUT2D eigenvalue weighted by Crippen LogP contribution is 2.13. The van der Waals surface area contributed by atoms with E-state index >= 15 is 0 Å². The molecule has 0 radical (unpaired) electrons. The molecule has 0 saturated heterocycles. The maximum atomic E-state index is 9.52. The molecule has 0 amide bonds. The van der Waals surface area contributed by atoms with E-state index in [0.29, 0.717) is 18.3 Å². The summed E-state index contributed by atoms with van der Waals surface area (Å²) in [7, 11) is 0. The van der Waals surface area contributed by atoms with E-state index in [-0.39, 0.29) is 12.6 Å². The van der Waals surface area contributed by atoms with Crippen molar-refractivity contribution in [3.8, 4) is 5.88 Å². The van der Waals surface area contributed by atoms with Crippen molar-refractivity contribution >= 4 is 5.82 Å². The van der Waals surface area contributed by atoms with E-state index in [1.54, 1.807) is 6.07 Å². The van der Waals surface area contributed by atoms with Gasteiger partial charge in [0, 0.05) is 6.07 Å². The van der Waals surface area contributed by atoms with Crippen LogP contribution in [0.4, 0.5) is 5.82 Å². The maximum absolute atomic E-state index is 9.52. The average molecular weight is 287 g/mol. The van der Waals surface area contributed by atoms with E-state index in [2.05, 4.69) is 15.3 Å². The van der Waals surface area contributed by atoms with Gasteiger partial charge in [-0.25, -0.2) is 9.97 Å². The molecule has 1 aromatic carbocycles. The van der Waals surface area contributed by atoms with Gasteiger partial charge in [-0.3, -0.25) is 0 Å². The molecular formula is C16H21N3O2. The van der Waals surface area contributed by atoms with Crippen LogP contribution in [0.15, 0.2) is 42.7 Å². The summed E-state index contributed by atoms with van der Waals surface area (Å²) in [5.41, 5.74) is 1.17. The van der Waals surface area contributed by atoms with Gasteiger partial charge < -0.3 is 15.2 Å². The molecule has 0 aliphatic rings. The smallest absolute Gasteiger partial charge is 0.218 e. The first-order chi connectivity index (χ1) is 10.3. The van der Waals surface area contributed by atoms with Crippen molar-refractivity contribution < 1.29 is 9.84 Å². The van der Waals surface area contributed by atoms with Crippen molar-refractivity contribution in [3.63, 3.8) is 0 Å². The second-order valence-electron chi connectivity index (χ2n) is 4.80. The molecule has 1 unspecified atom stereocenters. The van der Waals surface area contributed by atoms with Gasteiger partial charge in [0.15, 0.2) is 0 Å². The molecule has 2 N–H and O–H groups in total. The van der Waals surface area contributed by atoms with E-state index in [4.69, 9.17) is 4.74 Å². The van der Waals surface area contributed by atoms with Crippen LogP contribution in [0.25, 0.3) is 0 Å². The highest BCUT2D eigenvalue weighted by Gasteiger charge is 2.10. The topological polar surface area (TPSA) is 67.3 Å². The summed E-state index contributed by atoms with van der Waals surface area (Å²) in [6.07, 6.45) is 3.12. The first-order valence-electron chi connectivity index (χ1n) is 7.18. The summed E-state index contributed by atoms with van der Waals surface area (Å²) in [6.45, 7) is 2.70. The number of anilines is 1. The molecule has 0 bridgehead atoms. The van der Waals surface area contributed by atoms with Crippen molar-refractivity contribution in [3.05, 3.63) is 48.3 Å². The molecule has 5 nitrogen and oxygen atoms in total. The number of aliphatic hydroxyl groups excluding tert-OH is 1. The Kier molecular flexibility index (Phi) is 5.97. The van der Waals surface area contributed by atoms with Gasteiger partial charge >= 0.3 is 0 Å². The molecule has 1 atom stereocenters. The van der Waals surface area contributed by atoms with Crippen LogP contribution < -0.4 is 10.1 Å². The van der Waals surface area contributed by atoms with Crippen LogP contribution in [0.5, 0.6) is 5.88 Å². The van der Waals surface area contributed by atoms with Gasteiger partial charge in [0.1, 0.15) is 12.1 Å². The van der Waals surface area contributed by atoms with Crippen LogP contribution in [0.3, 0.4) is 0 Å². The summed E-state index contributed by atoms with van der Waals surface area (Å²) in [6, 6.07) is 11.7. The van der Waals surface area contributed by atoms with E-state index in [9.17, 15) is 5.11 Å². The van der Waals surface area contributed by atoms with Gasteiger partial charge in [-0.05, 0) is 18.4 Å². The molecule has 5 heteroatoms. The number of aliphatic hydroxyl groups is 1. The molecule has 112 valence electrons. The third-order valence-electron chi connectivity index (χ3n) is 2.99. The molecular weight excluding hydrogens is 266 g/mol. The quantitative estimate of drug-likeness (QED) is 0.779. The Bertz CT molecular complexity index is 534. The minimum atomic E-state index is -0.0960. The summed E-state index contributed by atoms with van der Waals surface area (Å²) in [5, 5.41) is 12.7. The Morgan fingerprint density at radius 3 is 2.76 bits per heavy atom. The lowest BCUT2D eigenvalue weighted by molar-refractivity contribution is 0.273. The van der Waals surface area contributed by atoms with E-state index in [1.807, 2.05) is 37.3 Å². The second-order valence-corrected chi connectivity index (χ2v) is 4.80. The first kappa shape index (κ1) is 15.3. The van der Waals surface area contributed by atoms with Gasteiger partial charge in [-0.2, -0.15) is 0 Å². The Labute approximate surface area is 125 Å². The Morgan fingerprint density at radius 2 is 2.05 bits per heavy atom. The third-order valence-corrected chi connectivity index (χ3v) is 2.99. The summed E-state index contributed by atoms with van der Waals surface area (Å²) < 4.78 is 5.48. The zero-order chi connectivity index (χ0) is 14.9. The minimum Gasteiger partial charge on any atom is -0.478 e. The van der Waals surface area contributed by atoms with Crippen LogP contribution in [-0.4, -0.2) is 34.3 Å². The number of aromatic nitrogens is 2. The summed E-state index contributed by atoms with van der Waals surface area (Å²) in [4.78, 5) is 8.22. The van der Waals surface area contributed by atoms with E-state index in [1.165, 1.54) is 11.9 Å². The van der Waals surface area contributed by atoms with Crippen LogP contribution >= 0.6 is 0 Å². The van der Waals surface area contributed by atoms with Crippen molar-refractivity contribution in [2.45, 2.75) is 25.8 Å². The predicted octanol–water partition coefficient (Wildman–Crippen LogP) is 2.28. The predicted molar refractivity (Wildman–Crippen MR) is 82.5 cm³/mol. The van der Waals surface area contributed by atoms with Crippen molar-refractivity contribution in [2.75, 3.05) is 18.5 Å². The van der Waals surface area contributed by atoms with Gasteiger partial charge in [0.2, 0.25) is 5.88 Å². The molecule has 0 aliphatic carbocycles. The normalized spacial score (nSPS) is 11.9. The lowest BCUT2D eigenvalue weighted by atomic mass is 10.1. The highest BCUT2D eigenvalue weighted by molar-refractivity contribution is 5.38. The number of ether oxygens (including phenoxy) is 1. The van der Waals surface area contributed by atoms with Crippen LogP contribution in [0.1, 0.15) is 18.9 Å². The lowest BCUT2D eigenvalue weighted by Crippen LogP contribution is -2.26. The lowest BCUT2D eigenvalue weighted by Gasteiger charge is -2.17. The fourth-order valence-electron chi connectivity index (χ4n) is 1.97. The van der Waals surface area contributed by atoms with Gasteiger partial charge in [0.25, 0.3) is 0 Å². The number of benzene rings is 1. The Balaban J connectivity index is 1.98. The average Bonchev–Trinajstić information content (AvgIpc) is 2.53. The number of hydrogen-bond donors (Lipinski definition) is 2. The fraction of sp³-hybridized carbons (Fsp3) is 0.375. The highest BCUT2D eigenvalue weighted by atomic mass is 16.5. The number of nitrogens with one attached hydrogen (secondary N) is 1. The molecule has 0 spiro atoms. The zero-order valence-electron chi connectivity index (χ0n) is 12.2. The molecule has 21 heavy (non-hydrogen) atoms. The van der Waals surface area contributed by atoms with Crippen molar-refractivity contribution in [2.24, 2.45) is 0 Å². The number of rotatable bonds is 8. The Hall–Kier alpha value is -2.14. The summed E-state index contributed by atoms with van der Waals surface area (Å²) >= 11 is 0. The largest absolute Gasteiger partial charge is 0.478 e. The Morgan fingerprint density at radius 1 is 1.24 bits per heavy atom. The fourth-order valence-corrected chi connectivity index (χ4v) is 1.97. The van der Waals surface area contributed by atoms with Gasteiger partial charge in [0.05, 0.1) is 19.3 Å².